The molecule has 0 saturated heterocycles. The molecule has 0 aliphatic rings. The highest BCUT2D eigenvalue weighted by Gasteiger charge is 1.95. The van der Waals surface area contributed by atoms with Gasteiger partial charge in [0.1, 0.15) is 6.07 Å². The number of nitriles is 1. The summed E-state index contributed by atoms with van der Waals surface area (Å²) < 4.78 is 4.33. The summed E-state index contributed by atoms with van der Waals surface area (Å²) in [5, 5.41) is 8.49. The first kappa shape index (κ1) is 10.2. The van der Waals surface area contributed by atoms with Crippen LogP contribution >= 0.6 is 0 Å². The highest BCUT2D eigenvalue weighted by atomic mass is 16.5. The number of nitrogens with two attached hydrogens (primary N) is 1. The molecule has 0 rings (SSSR count). The van der Waals surface area contributed by atoms with Gasteiger partial charge in [0.25, 0.3) is 0 Å². The molecule has 0 heterocycles. The van der Waals surface area contributed by atoms with Crippen molar-refractivity contribution in [3.8, 4) is 6.07 Å². The summed E-state index contributed by atoms with van der Waals surface area (Å²) in [4.78, 5) is 10.6. The van der Waals surface area contributed by atoms with Crippen LogP contribution in [-0.4, -0.2) is 13.1 Å². The second-order valence-electron chi connectivity index (χ2n) is 2.06. The molecule has 0 atom stereocenters. The quantitative estimate of drug-likeness (QED) is 0.280. The number of carbonyl (C=O) groups is 1. The van der Waals surface area contributed by atoms with Gasteiger partial charge in [0.15, 0.2) is 0 Å². The maximum absolute atomic E-state index is 10.6. The molecule has 0 saturated carbocycles. The van der Waals surface area contributed by atoms with E-state index in [1.165, 1.54) is 13.2 Å². The first-order valence-corrected chi connectivity index (χ1v) is 3.24. The summed E-state index contributed by atoms with van der Waals surface area (Å²) >= 11 is 0. The van der Waals surface area contributed by atoms with Gasteiger partial charge in [0.2, 0.25) is 0 Å². The van der Waals surface area contributed by atoms with Crippen LogP contribution in [0.5, 0.6) is 0 Å². The van der Waals surface area contributed by atoms with Gasteiger partial charge in [-0.05, 0) is 13.0 Å². The van der Waals surface area contributed by atoms with Gasteiger partial charge in [-0.3, -0.25) is 0 Å². The number of allylic oxidation sites excluding steroid dienone is 3. The zero-order chi connectivity index (χ0) is 9.56. The van der Waals surface area contributed by atoms with Crippen LogP contribution in [0.1, 0.15) is 6.92 Å². The number of hydrogen-bond acceptors (Lipinski definition) is 4. The normalized spacial score (nSPS) is 12.1. The molecule has 0 aromatic carbocycles. The minimum atomic E-state index is -0.510. The standard InChI is InChI=1S/C8H10N2O2/c1-6(10)7(5-9)3-4-8(11)12-2/h3-4H,10H2,1-2H3/b4-3+,7-6+. The molecule has 12 heavy (non-hydrogen) atoms. The minimum Gasteiger partial charge on any atom is -0.466 e. The molecule has 0 aliphatic carbocycles. The number of nitrogens with zero attached hydrogens (tertiary/aromatic N) is 1. The summed E-state index contributed by atoms with van der Waals surface area (Å²) in [6.45, 7) is 1.58. The molecule has 0 fully saturated rings. The maximum atomic E-state index is 10.6. The summed E-state index contributed by atoms with van der Waals surface area (Å²) in [6.07, 6.45) is 2.47. The third-order valence-electron chi connectivity index (χ3n) is 1.13. The van der Waals surface area contributed by atoms with Crippen molar-refractivity contribution in [3.63, 3.8) is 0 Å². The summed E-state index contributed by atoms with van der Waals surface area (Å²) in [7, 11) is 1.26. The lowest BCUT2D eigenvalue weighted by molar-refractivity contribution is -0.134. The first-order chi connectivity index (χ1) is 5.61. The van der Waals surface area contributed by atoms with E-state index in [0.29, 0.717) is 5.70 Å². The molecular formula is C8H10N2O2. The monoisotopic (exact) mass is 166 g/mol. The van der Waals surface area contributed by atoms with E-state index in [1.807, 2.05) is 6.07 Å². The summed E-state index contributed by atoms with van der Waals surface area (Å²) in [5.74, 6) is -0.510. The van der Waals surface area contributed by atoms with E-state index in [2.05, 4.69) is 4.74 Å². The summed E-state index contributed by atoms with van der Waals surface area (Å²) in [6, 6.07) is 1.84. The Morgan fingerprint density at radius 1 is 1.58 bits per heavy atom. The van der Waals surface area contributed by atoms with Crippen molar-refractivity contribution < 1.29 is 9.53 Å². The number of rotatable bonds is 2. The van der Waals surface area contributed by atoms with Crippen LogP contribution in [0, 0.1) is 11.3 Å². The predicted octanol–water partition coefficient (Wildman–Crippen LogP) is 0.472. The lowest BCUT2D eigenvalue weighted by atomic mass is 10.2. The Kier molecular flexibility index (Phi) is 4.24. The van der Waals surface area contributed by atoms with Crippen molar-refractivity contribution in [1.29, 1.82) is 5.26 Å². The first-order valence-electron chi connectivity index (χ1n) is 3.24. The van der Waals surface area contributed by atoms with Crippen LogP contribution < -0.4 is 5.73 Å². The molecule has 0 amide bonds. The molecule has 64 valence electrons. The van der Waals surface area contributed by atoms with Crippen LogP contribution in [0.3, 0.4) is 0 Å². The molecule has 0 aliphatic heterocycles. The Balaban J connectivity index is 4.46. The second kappa shape index (κ2) is 4.97. The van der Waals surface area contributed by atoms with E-state index in [1.54, 1.807) is 6.92 Å². The van der Waals surface area contributed by atoms with Crippen LogP contribution in [0.2, 0.25) is 0 Å². The van der Waals surface area contributed by atoms with Crippen LogP contribution in [0.25, 0.3) is 0 Å². The summed E-state index contributed by atoms with van der Waals surface area (Å²) in [5.41, 5.74) is 5.97. The van der Waals surface area contributed by atoms with Crippen molar-refractivity contribution >= 4 is 5.97 Å². The van der Waals surface area contributed by atoms with Gasteiger partial charge in [-0.1, -0.05) is 0 Å². The molecule has 4 nitrogen and oxygen atoms in total. The molecule has 4 heteroatoms. The zero-order valence-electron chi connectivity index (χ0n) is 7.00. The van der Waals surface area contributed by atoms with E-state index < -0.39 is 5.97 Å². The van der Waals surface area contributed by atoms with E-state index >= 15 is 0 Å². The van der Waals surface area contributed by atoms with Gasteiger partial charge in [-0.2, -0.15) is 5.26 Å². The molecule has 0 radical (unpaired) electrons. The third kappa shape index (κ3) is 3.42. The number of ether oxygens (including phenoxy) is 1. The largest absolute Gasteiger partial charge is 0.466 e. The Hall–Kier alpha value is -1.76. The Morgan fingerprint density at radius 2 is 2.17 bits per heavy atom. The van der Waals surface area contributed by atoms with Gasteiger partial charge in [0, 0.05) is 11.8 Å². The molecular weight excluding hydrogens is 156 g/mol. The van der Waals surface area contributed by atoms with Gasteiger partial charge in [0.05, 0.1) is 12.7 Å². The molecule has 0 aromatic rings. The van der Waals surface area contributed by atoms with Crippen molar-refractivity contribution in [2.24, 2.45) is 5.73 Å². The highest BCUT2D eigenvalue weighted by molar-refractivity contribution is 5.82. The molecule has 2 N–H and O–H groups in total. The van der Waals surface area contributed by atoms with E-state index in [4.69, 9.17) is 11.0 Å². The van der Waals surface area contributed by atoms with Gasteiger partial charge >= 0.3 is 5.97 Å². The highest BCUT2D eigenvalue weighted by Crippen LogP contribution is 1.98. The zero-order valence-corrected chi connectivity index (χ0v) is 7.00. The van der Waals surface area contributed by atoms with E-state index in [0.717, 1.165) is 6.08 Å². The van der Waals surface area contributed by atoms with Gasteiger partial charge in [-0.25, -0.2) is 4.79 Å². The van der Waals surface area contributed by atoms with Gasteiger partial charge < -0.3 is 10.5 Å². The second-order valence-corrected chi connectivity index (χ2v) is 2.06. The Labute approximate surface area is 70.9 Å². The Morgan fingerprint density at radius 3 is 2.50 bits per heavy atom. The average Bonchev–Trinajstić information content (AvgIpc) is 2.04. The lowest BCUT2D eigenvalue weighted by Gasteiger charge is -1.92. The average molecular weight is 166 g/mol. The number of esters is 1. The van der Waals surface area contributed by atoms with Gasteiger partial charge in [-0.15, -0.1) is 0 Å². The predicted molar refractivity (Wildman–Crippen MR) is 43.7 cm³/mol. The number of carbonyl (C=O) groups excluding carboxylic acids is 1. The minimum absolute atomic E-state index is 0.264. The fraction of sp³-hybridized carbons (Fsp3) is 0.250. The van der Waals surface area contributed by atoms with Crippen LogP contribution in [-0.2, 0) is 9.53 Å². The SMILES string of the molecule is COC(=O)/C=C/C(C#N)=C(/C)N. The van der Waals surface area contributed by atoms with Crippen LogP contribution in [0.4, 0.5) is 0 Å². The Bertz CT molecular complexity index is 267. The molecule has 0 unspecified atom stereocenters. The fourth-order valence-electron chi connectivity index (χ4n) is 0.476. The molecule has 0 bridgehead atoms. The van der Waals surface area contributed by atoms with Crippen LogP contribution in [0.15, 0.2) is 23.4 Å². The van der Waals surface area contributed by atoms with E-state index in [-0.39, 0.29) is 5.57 Å². The topological polar surface area (TPSA) is 76.1 Å². The van der Waals surface area contributed by atoms with Crippen molar-refractivity contribution in [3.05, 3.63) is 23.4 Å². The van der Waals surface area contributed by atoms with Crippen molar-refractivity contribution in [2.45, 2.75) is 6.92 Å². The van der Waals surface area contributed by atoms with E-state index in [9.17, 15) is 4.79 Å². The maximum Gasteiger partial charge on any atom is 0.330 e. The molecule has 0 aromatic heterocycles. The lowest BCUT2D eigenvalue weighted by Crippen LogP contribution is -1.97. The molecule has 0 spiro atoms. The van der Waals surface area contributed by atoms with Crippen molar-refractivity contribution in [1.82, 2.24) is 0 Å². The third-order valence-corrected chi connectivity index (χ3v) is 1.13. The smallest absolute Gasteiger partial charge is 0.330 e. The number of methoxy groups -OCH3 is 1. The van der Waals surface area contributed by atoms with Crippen molar-refractivity contribution in [2.75, 3.05) is 7.11 Å². The number of hydrogen-bond donors (Lipinski definition) is 1. The fourth-order valence-corrected chi connectivity index (χ4v) is 0.476.